The molecule has 0 radical (unpaired) electrons. The third-order valence-corrected chi connectivity index (χ3v) is 5.29. The monoisotopic (exact) mass is 398 g/mol. The van der Waals surface area contributed by atoms with Gasteiger partial charge in [0.1, 0.15) is 11.9 Å². The minimum absolute atomic E-state index is 0.0443. The van der Waals surface area contributed by atoms with Gasteiger partial charge in [-0.2, -0.15) is 5.10 Å². The van der Waals surface area contributed by atoms with Gasteiger partial charge in [-0.3, -0.25) is 9.89 Å². The summed E-state index contributed by atoms with van der Waals surface area (Å²) in [6.07, 6.45) is 2.30. The van der Waals surface area contributed by atoms with Crippen LogP contribution in [0.3, 0.4) is 0 Å². The van der Waals surface area contributed by atoms with Crippen molar-refractivity contribution in [2.24, 2.45) is 0 Å². The summed E-state index contributed by atoms with van der Waals surface area (Å²) in [5, 5.41) is 9.91. The van der Waals surface area contributed by atoms with Crippen LogP contribution in [-0.4, -0.2) is 69.7 Å². The molecule has 9 heteroatoms. The second kappa shape index (κ2) is 9.04. The number of nitrogens with zero attached hydrogens (tertiary/aromatic N) is 4. The molecule has 2 saturated heterocycles. The molecule has 2 aliphatic heterocycles. The van der Waals surface area contributed by atoms with Gasteiger partial charge in [-0.25, -0.2) is 9.78 Å². The van der Waals surface area contributed by atoms with Crippen LogP contribution in [0.4, 0.5) is 4.79 Å². The third-order valence-electron chi connectivity index (χ3n) is 5.29. The summed E-state index contributed by atoms with van der Waals surface area (Å²) < 4.78 is 5.57. The summed E-state index contributed by atoms with van der Waals surface area (Å²) in [4.78, 5) is 32.8. The van der Waals surface area contributed by atoms with Crippen molar-refractivity contribution in [2.45, 2.75) is 31.9 Å². The van der Waals surface area contributed by atoms with Gasteiger partial charge in [0.2, 0.25) is 5.91 Å². The van der Waals surface area contributed by atoms with Crippen LogP contribution in [0.5, 0.6) is 0 Å². The number of hydrogen-bond acceptors (Lipinski definition) is 5. The van der Waals surface area contributed by atoms with Gasteiger partial charge in [-0.05, 0) is 18.4 Å². The lowest BCUT2D eigenvalue weighted by atomic mass is 10.1. The van der Waals surface area contributed by atoms with Gasteiger partial charge < -0.3 is 19.9 Å². The quantitative estimate of drug-likeness (QED) is 0.789. The lowest BCUT2D eigenvalue weighted by molar-refractivity contribution is -0.131. The highest BCUT2D eigenvalue weighted by atomic mass is 16.5. The van der Waals surface area contributed by atoms with Gasteiger partial charge in [-0.1, -0.05) is 30.3 Å². The Bertz CT molecular complexity index is 826. The molecule has 154 valence electrons. The number of amides is 3. The molecule has 0 bridgehead atoms. The number of H-pyrrole nitrogens is 1. The largest absolute Gasteiger partial charge is 0.370 e. The fourth-order valence-electron chi connectivity index (χ4n) is 3.63. The average molecular weight is 398 g/mol. The van der Waals surface area contributed by atoms with E-state index >= 15 is 0 Å². The number of carbonyl (C=O) groups is 2. The molecule has 3 heterocycles. The fraction of sp³-hybridized carbons (Fsp3) is 0.500. The van der Waals surface area contributed by atoms with Gasteiger partial charge in [0.05, 0.1) is 13.0 Å². The minimum atomic E-state index is -0.157. The van der Waals surface area contributed by atoms with Crippen LogP contribution in [0.1, 0.15) is 36.2 Å². The van der Waals surface area contributed by atoms with E-state index in [1.165, 1.54) is 0 Å². The lowest BCUT2D eigenvalue weighted by Gasteiger charge is -2.34. The summed E-state index contributed by atoms with van der Waals surface area (Å²) in [6, 6.07) is 9.56. The number of aromatic nitrogens is 3. The first kappa shape index (κ1) is 19.4. The van der Waals surface area contributed by atoms with Crippen molar-refractivity contribution in [3.63, 3.8) is 0 Å². The molecule has 1 aromatic carbocycles. The highest BCUT2D eigenvalue weighted by Gasteiger charge is 2.25. The van der Waals surface area contributed by atoms with Crippen molar-refractivity contribution in [1.29, 1.82) is 0 Å². The predicted octanol–water partition coefficient (Wildman–Crippen LogP) is 1.25. The number of carbonyl (C=O) groups excluding carboxylic acids is 2. The first-order chi connectivity index (χ1) is 14.2. The maximum atomic E-state index is 12.4. The summed E-state index contributed by atoms with van der Waals surface area (Å²) in [6.45, 7) is 3.15. The Kier molecular flexibility index (Phi) is 6.04. The Labute approximate surface area is 169 Å². The number of urea groups is 1. The number of aromatic amines is 1. The van der Waals surface area contributed by atoms with Gasteiger partial charge in [0, 0.05) is 32.8 Å². The fourth-order valence-corrected chi connectivity index (χ4v) is 3.63. The standard InChI is InChI=1S/C20H26N6O3/c27-18(13-15-5-2-1-3-6-15)25-8-10-26(11-9-25)20(28)21-14-17-22-19(24-23-17)16-7-4-12-29-16/h1-3,5-6,16H,4,7-14H2,(H,21,28)(H,22,23,24). The van der Waals surface area contributed by atoms with E-state index in [1.54, 1.807) is 4.90 Å². The first-order valence-electron chi connectivity index (χ1n) is 10.1. The molecule has 2 aromatic rings. The molecule has 3 amide bonds. The van der Waals surface area contributed by atoms with Gasteiger partial charge in [0.25, 0.3) is 0 Å². The summed E-state index contributed by atoms with van der Waals surface area (Å²) >= 11 is 0. The summed E-state index contributed by atoms with van der Waals surface area (Å²) in [7, 11) is 0. The molecule has 2 aliphatic rings. The van der Waals surface area contributed by atoms with Crippen LogP contribution in [0.15, 0.2) is 30.3 Å². The molecule has 1 unspecified atom stereocenters. The van der Waals surface area contributed by atoms with Crippen molar-refractivity contribution in [2.75, 3.05) is 32.8 Å². The van der Waals surface area contributed by atoms with Crippen molar-refractivity contribution in [1.82, 2.24) is 30.3 Å². The second-order valence-electron chi connectivity index (χ2n) is 7.33. The first-order valence-corrected chi connectivity index (χ1v) is 10.1. The van der Waals surface area contributed by atoms with Gasteiger partial charge in [-0.15, -0.1) is 0 Å². The maximum Gasteiger partial charge on any atom is 0.317 e. The molecule has 0 aliphatic carbocycles. The highest BCUT2D eigenvalue weighted by molar-refractivity contribution is 5.79. The molecule has 0 spiro atoms. The molecule has 2 fully saturated rings. The molecular weight excluding hydrogens is 372 g/mol. The zero-order chi connectivity index (χ0) is 20.1. The number of hydrogen-bond donors (Lipinski definition) is 2. The summed E-state index contributed by atoms with van der Waals surface area (Å²) in [5.41, 5.74) is 1.01. The predicted molar refractivity (Wildman–Crippen MR) is 105 cm³/mol. The molecule has 0 saturated carbocycles. The number of benzene rings is 1. The zero-order valence-corrected chi connectivity index (χ0v) is 16.3. The van der Waals surface area contributed by atoms with E-state index in [4.69, 9.17) is 4.74 Å². The highest BCUT2D eigenvalue weighted by Crippen LogP contribution is 2.25. The Morgan fingerprint density at radius 2 is 1.90 bits per heavy atom. The smallest absolute Gasteiger partial charge is 0.317 e. The molecule has 9 nitrogen and oxygen atoms in total. The van der Waals surface area contributed by atoms with E-state index in [1.807, 2.05) is 35.2 Å². The number of nitrogens with one attached hydrogen (secondary N) is 2. The van der Waals surface area contributed by atoms with E-state index in [0.717, 1.165) is 25.0 Å². The Balaban J connectivity index is 1.20. The minimum Gasteiger partial charge on any atom is -0.370 e. The van der Waals surface area contributed by atoms with Crippen LogP contribution >= 0.6 is 0 Å². The van der Waals surface area contributed by atoms with E-state index < -0.39 is 0 Å². The molecule has 4 rings (SSSR count). The number of ether oxygens (including phenoxy) is 1. The molecule has 2 N–H and O–H groups in total. The van der Waals surface area contributed by atoms with E-state index in [2.05, 4.69) is 20.5 Å². The van der Waals surface area contributed by atoms with Gasteiger partial charge >= 0.3 is 6.03 Å². The third kappa shape index (κ3) is 4.92. The molecule has 1 aromatic heterocycles. The van der Waals surface area contributed by atoms with Gasteiger partial charge in [0.15, 0.2) is 5.82 Å². The van der Waals surface area contributed by atoms with Crippen molar-refractivity contribution in [3.05, 3.63) is 47.5 Å². The van der Waals surface area contributed by atoms with Crippen molar-refractivity contribution >= 4 is 11.9 Å². The average Bonchev–Trinajstić information content (AvgIpc) is 3.45. The van der Waals surface area contributed by atoms with E-state index in [0.29, 0.717) is 44.2 Å². The summed E-state index contributed by atoms with van der Waals surface area (Å²) in [5.74, 6) is 1.36. The van der Waals surface area contributed by atoms with Crippen LogP contribution in [0.25, 0.3) is 0 Å². The van der Waals surface area contributed by atoms with Crippen LogP contribution in [0, 0.1) is 0 Å². The number of piperazine rings is 1. The number of rotatable bonds is 5. The van der Waals surface area contributed by atoms with Crippen LogP contribution < -0.4 is 5.32 Å². The zero-order valence-electron chi connectivity index (χ0n) is 16.3. The van der Waals surface area contributed by atoms with E-state index in [9.17, 15) is 9.59 Å². The Hall–Kier alpha value is -2.94. The Morgan fingerprint density at radius 1 is 1.14 bits per heavy atom. The van der Waals surface area contributed by atoms with Crippen LogP contribution in [-0.2, 0) is 22.5 Å². The molecule has 1 atom stereocenters. The Morgan fingerprint density at radius 3 is 2.62 bits per heavy atom. The normalized spacial score (nSPS) is 19.4. The molecular formula is C20H26N6O3. The second-order valence-corrected chi connectivity index (χ2v) is 7.33. The maximum absolute atomic E-state index is 12.4. The van der Waals surface area contributed by atoms with E-state index in [-0.39, 0.29) is 24.6 Å². The topological polar surface area (TPSA) is 103 Å². The van der Waals surface area contributed by atoms with Crippen molar-refractivity contribution < 1.29 is 14.3 Å². The van der Waals surface area contributed by atoms with Crippen LogP contribution in [0.2, 0.25) is 0 Å². The SMILES string of the molecule is O=C(Cc1ccccc1)N1CCN(C(=O)NCc2nc(C3CCCO3)n[nH]2)CC1. The lowest BCUT2D eigenvalue weighted by Crippen LogP contribution is -2.53. The molecule has 29 heavy (non-hydrogen) atoms. The van der Waals surface area contributed by atoms with Crippen molar-refractivity contribution in [3.8, 4) is 0 Å².